The van der Waals surface area contributed by atoms with Crippen molar-refractivity contribution in [1.29, 1.82) is 0 Å². The van der Waals surface area contributed by atoms with Crippen molar-refractivity contribution >= 4 is 5.91 Å². The van der Waals surface area contributed by atoms with E-state index in [9.17, 15) is 9.90 Å². The first-order chi connectivity index (χ1) is 5.66. The molecule has 0 aromatic rings. The molecule has 12 heavy (non-hydrogen) atoms. The molecule has 2 atom stereocenters. The molecule has 4 heteroatoms. The summed E-state index contributed by atoms with van der Waals surface area (Å²) >= 11 is 0. The number of rotatable bonds is 3. The van der Waals surface area contributed by atoms with E-state index in [1.54, 1.807) is 0 Å². The monoisotopic (exact) mass is 172 g/mol. The SMILES string of the molecule is CNC(=O)C(O)C(N)C1CCC1. The van der Waals surface area contributed by atoms with Crippen LogP contribution < -0.4 is 11.1 Å². The average molecular weight is 172 g/mol. The lowest BCUT2D eigenvalue weighted by molar-refractivity contribution is -0.131. The average Bonchev–Trinajstić information content (AvgIpc) is 1.98. The van der Waals surface area contributed by atoms with Crippen molar-refractivity contribution in [3.05, 3.63) is 0 Å². The summed E-state index contributed by atoms with van der Waals surface area (Å²) in [7, 11) is 1.50. The Labute approximate surface area is 72.1 Å². The highest BCUT2D eigenvalue weighted by atomic mass is 16.3. The molecule has 1 aliphatic rings. The molecule has 1 aliphatic carbocycles. The molecular weight excluding hydrogens is 156 g/mol. The number of hydrogen-bond donors (Lipinski definition) is 3. The molecule has 0 aromatic carbocycles. The Bertz CT molecular complexity index is 168. The fourth-order valence-corrected chi connectivity index (χ4v) is 1.41. The zero-order valence-electron chi connectivity index (χ0n) is 7.29. The van der Waals surface area contributed by atoms with Crippen LogP contribution in [0.25, 0.3) is 0 Å². The van der Waals surface area contributed by atoms with Gasteiger partial charge in [-0.2, -0.15) is 0 Å². The van der Waals surface area contributed by atoms with Crippen LogP contribution in [0.5, 0.6) is 0 Å². The van der Waals surface area contributed by atoms with Crippen LogP contribution in [-0.4, -0.2) is 30.2 Å². The van der Waals surface area contributed by atoms with Gasteiger partial charge in [0.1, 0.15) is 6.10 Å². The van der Waals surface area contributed by atoms with Crippen molar-refractivity contribution in [1.82, 2.24) is 5.32 Å². The summed E-state index contributed by atoms with van der Waals surface area (Å²) in [4.78, 5) is 11.0. The predicted octanol–water partition coefficient (Wildman–Crippen LogP) is -0.779. The molecule has 0 spiro atoms. The van der Waals surface area contributed by atoms with Crippen LogP contribution >= 0.6 is 0 Å². The molecule has 0 bridgehead atoms. The highest BCUT2D eigenvalue weighted by Gasteiger charge is 2.32. The van der Waals surface area contributed by atoms with Gasteiger partial charge in [-0.3, -0.25) is 4.79 Å². The Kier molecular flexibility index (Phi) is 3.05. The standard InChI is InChI=1S/C8H16N2O2/c1-10-8(12)7(11)6(9)5-3-2-4-5/h5-7,11H,2-4,9H2,1H3,(H,10,12). The van der Waals surface area contributed by atoms with Gasteiger partial charge in [0.2, 0.25) is 5.91 Å². The van der Waals surface area contributed by atoms with E-state index in [0.717, 1.165) is 12.8 Å². The van der Waals surface area contributed by atoms with Crippen LogP contribution in [0.15, 0.2) is 0 Å². The summed E-state index contributed by atoms with van der Waals surface area (Å²) < 4.78 is 0. The van der Waals surface area contributed by atoms with Gasteiger partial charge in [-0.15, -0.1) is 0 Å². The van der Waals surface area contributed by atoms with E-state index < -0.39 is 12.1 Å². The Morgan fingerprint density at radius 3 is 2.58 bits per heavy atom. The molecule has 4 N–H and O–H groups in total. The molecule has 0 saturated heterocycles. The second-order valence-electron chi connectivity index (χ2n) is 3.33. The molecule has 1 amide bonds. The van der Waals surface area contributed by atoms with E-state index in [1.165, 1.54) is 13.5 Å². The van der Waals surface area contributed by atoms with Gasteiger partial charge in [-0.05, 0) is 18.8 Å². The number of carbonyl (C=O) groups is 1. The Hall–Kier alpha value is -0.610. The zero-order chi connectivity index (χ0) is 9.14. The lowest BCUT2D eigenvalue weighted by atomic mass is 9.78. The first kappa shape index (κ1) is 9.48. The third kappa shape index (κ3) is 1.76. The van der Waals surface area contributed by atoms with Crippen molar-refractivity contribution < 1.29 is 9.90 Å². The fraction of sp³-hybridized carbons (Fsp3) is 0.875. The second-order valence-corrected chi connectivity index (χ2v) is 3.33. The maximum absolute atomic E-state index is 11.0. The minimum atomic E-state index is -1.04. The first-order valence-corrected chi connectivity index (χ1v) is 4.32. The van der Waals surface area contributed by atoms with Crippen molar-refractivity contribution in [2.45, 2.75) is 31.4 Å². The van der Waals surface area contributed by atoms with Crippen LogP contribution in [0.2, 0.25) is 0 Å². The maximum atomic E-state index is 11.0. The van der Waals surface area contributed by atoms with Crippen LogP contribution in [0.1, 0.15) is 19.3 Å². The molecule has 4 nitrogen and oxygen atoms in total. The number of carbonyl (C=O) groups excluding carboxylic acids is 1. The van der Waals surface area contributed by atoms with Crippen molar-refractivity contribution in [3.8, 4) is 0 Å². The van der Waals surface area contributed by atoms with Gasteiger partial charge >= 0.3 is 0 Å². The van der Waals surface area contributed by atoms with Gasteiger partial charge in [-0.1, -0.05) is 6.42 Å². The van der Waals surface area contributed by atoms with E-state index in [2.05, 4.69) is 5.32 Å². The van der Waals surface area contributed by atoms with Crippen molar-refractivity contribution in [2.24, 2.45) is 11.7 Å². The topological polar surface area (TPSA) is 75.3 Å². The summed E-state index contributed by atoms with van der Waals surface area (Å²) in [5.74, 6) is -0.0494. The molecule has 0 radical (unpaired) electrons. The fourth-order valence-electron chi connectivity index (χ4n) is 1.41. The minimum absolute atomic E-state index is 0.331. The quantitative estimate of drug-likeness (QED) is 0.523. The van der Waals surface area contributed by atoms with Crippen molar-refractivity contribution in [2.75, 3.05) is 7.05 Å². The van der Waals surface area contributed by atoms with E-state index in [1.807, 2.05) is 0 Å². The zero-order valence-corrected chi connectivity index (χ0v) is 7.29. The molecular formula is C8H16N2O2. The van der Waals surface area contributed by atoms with Gasteiger partial charge in [0.15, 0.2) is 0 Å². The summed E-state index contributed by atoms with van der Waals surface area (Å²) in [6.45, 7) is 0. The number of hydrogen-bond acceptors (Lipinski definition) is 3. The molecule has 0 aromatic heterocycles. The molecule has 1 fully saturated rings. The van der Waals surface area contributed by atoms with Crippen LogP contribution in [0.3, 0.4) is 0 Å². The van der Waals surface area contributed by atoms with E-state index >= 15 is 0 Å². The van der Waals surface area contributed by atoms with Gasteiger partial charge < -0.3 is 16.2 Å². The van der Waals surface area contributed by atoms with E-state index in [0.29, 0.717) is 5.92 Å². The lowest BCUT2D eigenvalue weighted by Gasteiger charge is -2.33. The van der Waals surface area contributed by atoms with Gasteiger partial charge in [0.05, 0.1) is 0 Å². The summed E-state index contributed by atoms with van der Waals surface area (Å²) in [6, 6.07) is -0.390. The number of likely N-dealkylation sites (N-methyl/N-ethyl adjacent to an activating group) is 1. The van der Waals surface area contributed by atoms with Crippen molar-refractivity contribution in [3.63, 3.8) is 0 Å². The largest absolute Gasteiger partial charge is 0.382 e. The van der Waals surface area contributed by atoms with Crippen LogP contribution in [0.4, 0.5) is 0 Å². The minimum Gasteiger partial charge on any atom is -0.382 e. The molecule has 0 heterocycles. The van der Waals surface area contributed by atoms with Crippen LogP contribution in [0, 0.1) is 5.92 Å². The molecule has 70 valence electrons. The lowest BCUT2D eigenvalue weighted by Crippen LogP contribution is -2.50. The van der Waals surface area contributed by atoms with Gasteiger partial charge in [0, 0.05) is 13.1 Å². The van der Waals surface area contributed by atoms with E-state index in [-0.39, 0.29) is 5.91 Å². The Morgan fingerprint density at radius 2 is 2.25 bits per heavy atom. The van der Waals surface area contributed by atoms with Gasteiger partial charge in [-0.25, -0.2) is 0 Å². The number of nitrogens with one attached hydrogen (secondary N) is 1. The molecule has 1 rings (SSSR count). The number of aliphatic hydroxyl groups excluding tert-OH is 1. The normalized spacial score (nSPS) is 22.6. The highest BCUT2D eigenvalue weighted by molar-refractivity contribution is 5.80. The summed E-state index contributed by atoms with van der Waals surface area (Å²) in [5, 5.41) is 11.8. The Morgan fingerprint density at radius 1 is 1.67 bits per heavy atom. The van der Waals surface area contributed by atoms with Gasteiger partial charge in [0.25, 0.3) is 0 Å². The Balaban J connectivity index is 2.39. The second kappa shape index (κ2) is 3.87. The number of aliphatic hydroxyl groups is 1. The molecule has 1 saturated carbocycles. The maximum Gasteiger partial charge on any atom is 0.250 e. The molecule has 2 unspecified atom stereocenters. The van der Waals surface area contributed by atoms with E-state index in [4.69, 9.17) is 5.73 Å². The third-order valence-corrected chi connectivity index (χ3v) is 2.57. The third-order valence-electron chi connectivity index (χ3n) is 2.57. The first-order valence-electron chi connectivity index (χ1n) is 4.32. The van der Waals surface area contributed by atoms with Crippen LogP contribution in [-0.2, 0) is 4.79 Å². The number of amides is 1. The smallest absolute Gasteiger partial charge is 0.250 e. The highest BCUT2D eigenvalue weighted by Crippen LogP contribution is 2.29. The summed E-state index contributed by atoms with van der Waals surface area (Å²) in [5.41, 5.74) is 5.69. The predicted molar refractivity (Wildman–Crippen MR) is 45.4 cm³/mol. The summed E-state index contributed by atoms with van der Waals surface area (Å²) in [6.07, 6.45) is 2.20. The molecule has 0 aliphatic heterocycles. The number of nitrogens with two attached hydrogens (primary N) is 1.